The maximum Gasteiger partial charge on any atom is 0.131 e. The van der Waals surface area contributed by atoms with Gasteiger partial charge in [-0.15, -0.1) is 0 Å². The Labute approximate surface area is 91.7 Å². The van der Waals surface area contributed by atoms with E-state index in [1.165, 1.54) is 18.5 Å². The molecule has 0 radical (unpaired) electrons. The third kappa shape index (κ3) is 2.48. The van der Waals surface area contributed by atoms with Crippen molar-refractivity contribution in [3.63, 3.8) is 0 Å². The highest BCUT2D eigenvalue weighted by Crippen LogP contribution is 2.17. The Bertz CT molecular complexity index is 324. The molecule has 0 N–H and O–H groups in total. The minimum atomic E-state index is 1.09. The van der Waals surface area contributed by atoms with Gasteiger partial charge in [0.15, 0.2) is 0 Å². The molecule has 1 fully saturated rings. The van der Waals surface area contributed by atoms with Gasteiger partial charge in [0.05, 0.1) is 0 Å². The van der Waals surface area contributed by atoms with Gasteiger partial charge in [-0.1, -0.05) is 6.07 Å². The van der Waals surface area contributed by atoms with E-state index in [-0.39, 0.29) is 0 Å². The lowest BCUT2D eigenvalue weighted by Gasteiger charge is -2.23. The Morgan fingerprint density at radius 1 is 1.20 bits per heavy atom. The first-order chi connectivity index (χ1) is 7.27. The fourth-order valence-corrected chi connectivity index (χ4v) is 2.07. The molecular formula is C12H19N3. The number of likely N-dealkylation sites (N-methyl/N-ethyl adjacent to an activating group) is 1. The van der Waals surface area contributed by atoms with E-state index in [1.54, 1.807) is 0 Å². The summed E-state index contributed by atoms with van der Waals surface area (Å²) in [5, 5.41) is 0. The van der Waals surface area contributed by atoms with Gasteiger partial charge in [0.25, 0.3) is 0 Å². The summed E-state index contributed by atoms with van der Waals surface area (Å²) in [4.78, 5) is 9.26. The largest absolute Gasteiger partial charge is 0.355 e. The van der Waals surface area contributed by atoms with E-state index in [2.05, 4.69) is 34.8 Å². The molecule has 0 amide bonds. The molecule has 82 valence electrons. The first kappa shape index (κ1) is 10.4. The van der Waals surface area contributed by atoms with Crippen LogP contribution in [0.4, 0.5) is 5.82 Å². The fourth-order valence-electron chi connectivity index (χ4n) is 2.07. The van der Waals surface area contributed by atoms with Crippen LogP contribution < -0.4 is 4.90 Å². The number of anilines is 1. The van der Waals surface area contributed by atoms with Gasteiger partial charge in [-0.2, -0.15) is 0 Å². The van der Waals surface area contributed by atoms with Crippen LogP contribution in [-0.4, -0.2) is 43.1 Å². The van der Waals surface area contributed by atoms with E-state index in [1.807, 2.05) is 12.3 Å². The molecule has 0 bridgehead atoms. The van der Waals surface area contributed by atoms with Gasteiger partial charge in [0, 0.05) is 25.8 Å². The SMILES string of the molecule is Cc1cccnc1N1CCCN(C)CC1. The third-order valence-electron chi connectivity index (χ3n) is 3.00. The number of pyridine rings is 1. The molecule has 1 aromatic heterocycles. The summed E-state index contributed by atoms with van der Waals surface area (Å²) >= 11 is 0. The Balaban J connectivity index is 2.13. The van der Waals surface area contributed by atoms with Crippen LogP contribution >= 0.6 is 0 Å². The molecule has 15 heavy (non-hydrogen) atoms. The van der Waals surface area contributed by atoms with Gasteiger partial charge >= 0.3 is 0 Å². The third-order valence-corrected chi connectivity index (χ3v) is 3.00. The van der Waals surface area contributed by atoms with Crippen LogP contribution in [0.3, 0.4) is 0 Å². The number of rotatable bonds is 1. The van der Waals surface area contributed by atoms with Crippen molar-refractivity contribution in [2.24, 2.45) is 0 Å². The minimum Gasteiger partial charge on any atom is -0.355 e. The average molecular weight is 205 g/mol. The molecule has 0 spiro atoms. The number of hydrogen-bond acceptors (Lipinski definition) is 3. The Hall–Kier alpha value is -1.09. The van der Waals surface area contributed by atoms with Crippen molar-refractivity contribution >= 4 is 5.82 Å². The summed E-state index contributed by atoms with van der Waals surface area (Å²) in [6.07, 6.45) is 3.11. The fraction of sp³-hybridized carbons (Fsp3) is 0.583. The normalized spacial score (nSPS) is 18.9. The Morgan fingerprint density at radius 2 is 2.07 bits per heavy atom. The predicted molar refractivity (Wildman–Crippen MR) is 63.3 cm³/mol. The Kier molecular flexibility index (Phi) is 3.21. The highest BCUT2D eigenvalue weighted by molar-refractivity contribution is 5.45. The summed E-state index contributed by atoms with van der Waals surface area (Å²) in [7, 11) is 2.19. The quantitative estimate of drug-likeness (QED) is 0.693. The summed E-state index contributed by atoms with van der Waals surface area (Å²) in [5.74, 6) is 1.16. The monoisotopic (exact) mass is 205 g/mol. The molecule has 0 unspecified atom stereocenters. The van der Waals surface area contributed by atoms with Crippen molar-refractivity contribution in [2.45, 2.75) is 13.3 Å². The molecular weight excluding hydrogens is 186 g/mol. The zero-order valence-electron chi connectivity index (χ0n) is 9.61. The van der Waals surface area contributed by atoms with Gasteiger partial charge in [0.2, 0.25) is 0 Å². The van der Waals surface area contributed by atoms with E-state index in [9.17, 15) is 0 Å². The summed E-state index contributed by atoms with van der Waals surface area (Å²) in [6.45, 7) is 6.69. The van der Waals surface area contributed by atoms with E-state index in [0.29, 0.717) is 0 Å². The summed E-state index contributed by atoms with van der Waals surface area (Å²) < 4.78 is 0. The standard InChI is InChI=1S/C12H19N3/c1-11-5-3-6-13-12(11)15-8-4-7-14(2)9-10-15/h3,5-6H,4,7-10H2,1-2H3. The molecule has 2 heterocycles. The van der Waals surface area contributed by atoms with Crippen molar-refractivity contribution in [3.05, 3.63) is 23.9 Å². The van der Waals surface area contributed by atoms with Crippen LogP contribution in [0.25, 0.3) is 0 Å². The second-order valence-corrected chi connectivity index (χ2v) is 4.29. The lowest BCUT2D eigenvalue weighted by atomic mass is 10.2. The van der Waals surface area contributed by atoms with Crippen molar-refractivity contribution < 1.29 is 0 Å². The average Bonchev–Trinajstić information content (AvgIpc) is 2.44. The lowest BCUT2D eigenvalue weighted by Crippen LogP contribution is -2.29. The predicted octanol–water partition coefficient (Wildman–Crippen LogP) is 1.53. The Morgan fingerprint density at radius 3 is 2.87 bits per heavy atom. The second kappa shape index (κ2) is 4.62. The van der Waals surface area contributed by atoms with Gasteiger partial charge in [-0.3, -0.25) is 0 Å². The van der Waals surface area contributed by atoms with Crippen LogP contribution in [0.2, 0.25) is 0 Å². The first-order valence-corrected chi connectivity index (χ1v) is 5.62. The number of aromatic nitrogens is 1. The molecule has 0 atom stereocenters. The molecule has 1 aromatic rings. The van der Waals surface area contributed by atoms with Crippen molar-refractivity contribution in [1.82, 2.24) is 9.88 Å². The molecule has 0 aromatic carbocycles. The summed E-state index contributed by atoms with van der Waals surface area (Å²) in [6, 6.07) is 4.14. The molecule has 1 aliphatic rings. The van der Waals surface area contributed by atoms with Crippen LogP contribution in [-0.2, 0) is 0 Å². The first-order valence-electron chi connectivity index (χ1n) is 5.62. The van der Waals surface area contributed by atoms with E-state index in [4.69, 9.17) is 0 Å². The van der Waals surface area contributed by atoms with Gasteiger partial charge < -0.3 is 9.80 Å². The number of aryl methyl sites for hydroxylation is 1. The van der Waals surface area contributed by atoms with Crippen LogP contribution in [0.5, 0.6) is 0 Å². The lowest BCUT2D eigenvalue weighted by molar-refractivity contribution is 0.360. The molecule has 1 aliphatic heterocycles. The van der Waals surface area contributed by atoms with Crippen LogP contribution in [0, 0.1) is 6.92 Å². The molecule has 3 heteroatoms. The maximum absolute atomic E-state index is 4.48. The van der Waals surface area contributed by atoms with E-state index in [0.717, 1.165) is 25.5 Å². The maximum atomic E-state index is 4.48. The number of hydrogen-bond donors (Lipinski definition) is 0. The highest BCUT2D eigenvalue weighted by Gasteiger charge is 2.14. The number of nitrogens with zero attached hydrogens (tertiary/aromatic N) is 3. The molecule has 0 saturated carbocycles. The van der Waals surface area contributed by atoms with Crippen molar-refractivity contribution in [3.8, 4) is 0 Å². The smallest absolute Gasteiger partial charge is 0.131 e. The second-order valence-electron chi connectivity index (χ2n) is 4.29. The zero-order valence-corrected chi connectivity index (χ0v) is 9.61. The van der Waals surface area contributed by atoms with Crippen molar-refractivity contribution in [2.75, 3.05) is 38.1 Å². The van der Waals surface area contributed by atoms with Gasteiger partial charge in [-0.05, 0) is 38.6 Å². The molecule has 2 rings (SSSR count). The van der Waals surface area contributed by atoms with E-state index < -0.39 is 0 Å². The van der Waals surface area contributed by atoms with Crippen LogP contribution in [0.1, 0.15) is 12.0 Å². The van der Waals surface area contributed by atoms with E-state index >= 15 is 0 Å². The van der Waals surface area contributed by atoms with Gasteiger partial charge in [0.1, 0.15) is 5.82 Å². The zero-order chi connectivity index (χ0) is 10.7. The van der Waals surface area contributed by atoms with Crippen molar-refractivity contribution in [1.29, 1.82) is 0 Å². The highest BCUT2D eigenvalue weighted by atomic mass is 15.2. The molecule has 0 aliphatic carbocycles. The van der Waals surface area contributed by atoms with Gasteiger partial charge in [-0.25, -0.2) is 4.98 Å². The topological polar surface area (TPSA) is 19.4 Å². The summed E-state index contributed by atoms with van der Waals surface area (Å²) in [5.41, 5.74) is 1.28. The van der Waals surface area contributed by atoms with Crippen LogP contribution in [0.15, 0.2) is 18.3 Å². The molecule has 3 nitrogen and oxygen atoms in total. The molecule has 1 saturated heterocycles. The minimum absolute atomic E-state index is 1.09.